The number of nitrogens with zero attached hydrogens (tertiary/aromatic N) is 1. The van der Waals surface area contributed by atoms with Crippen molar-refractivity contribution in [2.75, 3.05) is 0 Å². The summed E-state index contributed by atoms with van der Waals surface area (Å²) in [6.07, 6.45) is 1.59. The van der Waals surface area contributed by atoms with Crippen LogP contribution in [-0.2, 0) is 16.2 Å². The number of ether oxygens (including phenoxy) is 1. The van der Waals surface area contributed by atoms with Gasteiger partial charge in [-0.15, -0.1) is 0 Å². The number of hydrogen-bond acceptors (Lipinski definition) is 4. The number of benzene rings is 2. The maximum Gasteiger partial charge on any atom is 0.367 e. The molecule has 0 fully saturated rings. The summed E-state index contributed by atoms with van der Waals surface area (Å²) in [5.74, 6) is -0.142. The van der Waals surface area contributed by atoms with Gasteiger partial charge in [-0.25, -0.2) is 4.79 Å². The van der Waals surface area contributed by atoms with Crippen LogP contribution in [0.1, 0.15) is 18.1 Å². The van der Waals surface area contributed by atoms with Crippen molar-refractivity contribution in [1.29, 1.82) is 0 Å². The molecule has 7 heteroatoms. The van der Waals surface area contributed by atoms with Crippen molar-refractivity contribution in [3.05, 3.63) is 68.2 Å². The minimum absolute atomic E-state index is 0.217. The first kappa shape index (κ1) is 17.8. The van der Waals surface area contributed by atoms with Crippen LogP contribution in [0.3, 0.4) is 0 Å². The Kier molecular flexibility index (Phi) is 5.33. The van der Waals surface area contributed by atoms with Gasteiger partial charge in [-0.3, -0.25) is 0 Å². The van der Waals surface area contributed by atoms with E-state index in [4.69, 9.17) is 39.5 Å². The lowest BCUT2D eigenvalue weighted by Crippen LogP contribution is -2.03. The summed E-state index contributed by atoms with van der Waals surface area (Å²) in [5.41, 5.74) is 2.15. The van der Waals surface area contributed by atoms with E-state index in [2.05, 4.69) is 9.99 Å². The van der Waals surface area contributed by atoms with Gasteiger partial charge in [0, 0.05) is 21.2 Å². The Labute approximate surface area is 159 Å². The maximum absolute atomic E-state index is 11.8. The molecule has 0 N–H and O–H groups in total. The average molecular weight is 397 g/mol. The van der Waals surface area contributed by atoms with Crippen LogP contribution in [-0.4, -0.2) is 11.7 Å². The van der Waals surface area contributed by atoms with Gasteiger partial charge in [0.25, 0.3) is 0 Å². The molecule has 2 aromatic carbocycles. The molecule has 0 atom stereocenters. The van der Waals surface area contributed by atoms with Gasteiger partial charge in [0.05, 0.1) is 16.3 Å². The normalized spacial score (nSPS) is 15.3. The first-order valence-corrected chi connectivity index (χ1v) is 8.42. The van der Waals surface area contributed by atoms with Crippen LogP contribution in [0.15, 0.2) is 47.1 Å². The van der Waals surface area contributed by atoms with E-state index < -0.39 is 5.97 Å². The highest BCUT2D eigenvalue weighted by atomic mass is 35.5. The fraction of sp³-hybridized carbons (Fsp3) is 0.111. The Bertz CT molecular complexity index is 906. The molecule has 0 unspecified atom stereocenters. The summed E-state index contributed by atoms with van der Waals surface area (Å²) in [6, 6.07) is 10.6. The van der Waals surface area contributed by atoms with E-state index in [1.807, 2.05) is 18.2 Å². The van der Waals surface area contributed by atoms with Gasteiger partial charge >= 0.3 is 5.97 Å². The fourth-order valence-corrected chi connectivity index (χ4v) is 3.03. The fourth-order valence-electron chi connectivity index (χ4n) is 2.28. The molecule has 0 saturated heterocycles. The lowest BCUT2D eigenvalue weighted by Gasteiger charge is -2.13. The van der Waals surface area contributed by atoms with Crippen molar-refractivity contribution >= 4 is 52.6 Å². The number of oxime groups is 1. The van der Waals surface area contributed by atoms with Crippen molar-refractivity contribution in [3.63, 3.8) is 0 Å². The van der Waals surface area contributed by atoms with Gasteiger partial charge in [0.1, 0.15) is 12.4 Å². The van der Waals surface area contributed by atoms with Crippen molar-refractivity contribution < 1.29 is 14.4 Å². The highest BCUT2D eigenvalue weighted by molar-refractivity contribution is 6.36. The molecule has 0 spiro atoms. The zero-order valence-electron chi connectivity index (χ0n) is 13.1. The van der Waals surface area contributed by atoms with Crippen LogP contribution in [0.4, 0.5) is 0 Å². The molecule has 0 radical (unpaired) electrons. The van der Waals surface area contributed by atoms with Crippen LogP contribution in [0.25, 0.3) is 6.08 Å². The predicted molar refractivity (Wildman–Crippen MR) is 99.4 cm³/mol. The number of carbonyl (C=O) groups is 1. The molecule has 0 saturated carbocycles. The predicted octanol–water partition coefficient (Wildman–Crippen LogP) is 5.54. The Morgan fingerprint density at radius 2 is 1.92 bits per heavy atom. The maximum atomic E-state index is 11.8. The smallest absolute Gasteiger partial charge is 0.367 e. The second-order valence-corrected chi connectivity index (χ2v) is 6.55. The molecule has 25 heavy (non-hydrogen) atoms. The third-order valence-corrected chi connectivity index (χ3v) is 4.41. The van der Waals surface area contributed by atoms with Crippen molar-refractivity contribution in [1.82, 2.24) is 0 Å². The highest BCUT2D eigenvalue weighted by Crippen LogP contribution is 2.35. The molecular weight excluding hydrogens is 385 g/mol. The lowest BCUT2D eigenvalue weighted by molar-refractivity contribution is -0.136. The van der Waals surface area contributed by atoms with Gasteiger partial charge in [-0.2, -0.15) is 0 Å². The molecule has 128 valence electrons. The molecule has 1 aliphatic heterocycles. The van der Waals surface area contributed by atoms with E-state index in [9.17, 15) is 4.79 Å². The standard InChI is InChI=1S/C18H12Cl3NO3/c1-10-14(18(23)25-22-10)7-12-6-13(19)8-16(21)17(12)24-9-11-4-2-3-5-15(11)20/h2-8H,9H2,1H3/b14-7-. The largest absolute Gasteiger partial charge is 0.487 e. The zero-order valence-corrected chi connectivity index (χ0v) is 15.3. The van der Waals surface area contributed by atoms with Gasteiger partial charge in [-0.1, -0.05) is 58.2 Å². The minimum atomic E-state index is -0.536. The zero-order chi connectivity index (χ0) is 18.0. The van der Waals surface area contributed by atoms with E-state index in [0.717, 1.165) is 5.56 Å². The van der Waals surface area contributed by atoms with Crippen LogP contribution >= 0.6 is 34.8 Å². The van der Waals surface area contributed by atoms with Crippen LogP contribution < -0.4 is 4.74 Å². The monoisotopic (exact) mass is 395 g/mol. The van der Waals surface area contributed by atoms with E-state index >= 15 is 0 Å². The van der Waals surface area contributed by atoms with Crippen LogP contribution in [0.5, 0.6) is 5.75 Å². The van der Waals surface area contributed by atoms with E-state index in [-0.39, 0.29) is 6.61 Å². The number of carbonyl (C=O) groups excluding carboxylic acids is 1. The third kappa shape index (κ3) is 3.98. The quantitative estimate of drug-likeness (QED) is 0.503. The number of rotatable bonds is 4. The van der Waals surface area contributed by atoms with Crippen molar-refractivity contribution in [3.8, 4) is 5.75 Å². The van der Waals surface area contributed by atoms with E-state index in [0.29, 0.717) is 37.7 Å². The topological polar surface area (TPSA) is 47.9 Å². The molecular formula is C18H12Cl3NO3. The van der Waals surface area contributed by atoms with Gasteiger partial charge < -0.3 is 9.57 Å². The molecule has 0 amide bonds. The molecule has 2 aromatic rings. The van der Waals surface area contributed by atoms with Crippen LogP contribution in [0, 0.1) is 0 Å². The second kappa shape index (κ2) is 7.48. The first-order chi connectivity index (χ1) is 12.0. The van der Waals surface area contributed by atoms with E-state index in [1.54, 1.807) is 31.2 Å². The summed E-state index contributed by atoms with van der Waals surface area (Å²) in [5, 5.41) is 4.99. The summed E-state index contributed by atoms with van der Waals surface area (Å²) in [4.78, 5) is 16.4. The number of hydrogen-bond donors (Lipinski definition) is 0. The molecule has 1 heterocycles. The first-order valence-electron chi connectivity index (χ1n) is 7.29. The van der Waals surface area contributed by atoms with Gasteiger partial charge in [-0.05, 0) is 31.2 Å². The van der Waals surface area contributed by atoms with Gasteiger partial charge in [0.2, 0.25) is 0 Å². The molecule has 0 aliphatic carbocycles. The minimum Gasteiger partial charge on any atom is -0.487 e. The lowest BCUT2D eigenvalue weighted by atomic mass is 10.1. The second-order valence-electron chi connectivity index (χ2n) is 5.30. The summed E-state index contributed by atoms with van der Waals surface area (Å²) >= 11 is 18.5. The summed E-state index contributed by atoms with van der Waals surface area (Å²) in [7, 11) is 0. The molecule has 0 bridgehead atoms. The molecule has 1 aliphatic rings. The Morgan fingerprint density at radius 3 is 2.60 bits per heavy atom. The Hall–Kier alpha value is -2.01. The van der Waals surface area contributed by atoms with E-state index in [1.165, 1.54) is 0 Å². The molecule has 4 nitrogen and oxygen atoms in total. The Balaban J connectivity index is 1.96. The Morgan fingerprint density at radius 1 is 1.16 bits per heavy atom. The number of halogens is 3. The van der Waals surface area contributed by atoms with Crippen molar-refractivity contribution in [2.45, 2.75) is 13.5 Å². The summed E-state index contributed by atoms with van der Waals surface area (Å²) in [6.45, 7) is 1.89. The van der Waals surface area contributed by atoms with Gasteiger partial charge in [0.15, 0.2) is 0 Å². The average Bonchev–Trinajstić information content (AvgIpc) is 2.87. The van der Waals surface area contributed by atoms with Crippen LogP contribution in [0.2, 0.25) is 15.1 Å². The van der Waals surface area contributed by atoms with Crippen molar-refractivity contribution in [2.24, 2.45) is 5.16 Å². The molecule has 0 aromatic heterocycles. The summed E-state index contributed by atoms with van der Waals surface area (Å²) < 4.78 is 5.86. The highest BCUT2D eigenvalue weighted by Gasteiger charge is 2.23. The SMILES string of the molecule is CC1=NOC(=O)/C1=C\c1cc(Cl)cc(Cl)c1OCc1ccccc1Cl. The third-order valence-electron chi connectivity index (χ3n) is 3.54. The molecule has 3 rings (SSSR count).